The summed E-state index contributed by atoms with van der Waals surface area (Å²) in [6.07, 6.45) is 2.87. The quantitative estimate of drug-likeness (QED) is 0.884. The molecule has 1 amide bonds. The largest absolute Gasteiger partial charge is 0.435 e. The molecule has 1 aromatic carbocycles. The summed E-state index contributed by atoms with van der Waals surface area (Å²) in [4.78, 5) is 11.8. The minimum Gasteiger partial charge on any atom is -0.435 e. The third-order valence-corrected chi connectivity index (χ3v) is 2.69. The van der Waals surface area contributed by atoms with Crippen molar-refractivity contribution in [2.45, 2.75) is 19.6 Å². The van der Waals surface area contributed by atoms with Gasteiger partial charge in [-0.15, -0.1) is 0 Å². The average Bonchev–Trinajstić information content (AvgIpc) is 2.92. The van der Waals surface area contributed by atoms with Crippen LogP contribution < -0.4 is 10.1 Å². The molecular weight excluding hydrogens is 268 g/mol. The Morgan fingerprint density at radius 1 is 1.45 bits per heavy atom. The summed E-state index contributed by atoms with van der Waals surface area (Å²) in [6, 6.07) is 5.86. The van der Waals surface area contributed by atoms with Crippen molar-refractivity contribution in [3.63, 3.8) is 0 Å². The molecule has 0 aliphatic heterocycles. The van der Waals surface area contributed by atoms with Gasteiger partial charge in [-0.25, -0.2) is 0 Å². The molecule has 0 aliphatic rings. The molecule has 2 rings (SSSR count). The van der Waals surface area contributed by atoms with Gasteiger partial charge in [0.1, 0.15) is 5.75 Å². The fourth-order valence-corrected chi connectivity index (χ4v) is 1.70. The smallest absolute Gasteiger partial charge is 0.387 e. The number of amides is 1. The van der Waals surface area contributed by atoms with Crippen LogP contribution in [0.2, 0.25) is 0 Å². The van der Waals surface area contributed by atoms with Crippen LogP contribution in [0.5, 0.6) is 5.75 Å². The summed E-state index contributed by atoms with van der Waals surface area (Å²) in [6.45, 7) is -1.12. The zero-order valence-electron chi connectivity index (χ0n) is 10.6. The minimum atomic E-state index is -2.87. The first-order chi connectivity index (χ1) is 9.56. The van der Waals surface area contributed by atoms with Gasteiger partial charge in [-0.1, -0.05) is 12.1 Å². The average molecular weight is 281 g/mol. The van der Waals surface area contributed by atoms with Crippen LogP contribution in [0.3, 0.4) is 0 Å². The number of benzene rings is 1. The molecule has 0 saturated carbocycles. The highest BCUT2D eigenvalue weighted by Gasteiger charge is 2.13. The molecular formula is C13H13F2N3O2. The van der Waals surface area contributed by atoms with Gasteiger partial charge in [0.15, 0.2) is 0 Å². The number of carbonyl (C=O) groups is 1. The van der Waals surface area contributed by atoms with Gasteiger partial charge in [-0.05, 0) is 24.6 Å². The number of hydrogen-bond donors (Lipinski definition) is 2. The van der Waals surface area contributed by atoms with Crippen LogP contribution in [0.25, 0.3) is 0 Å². The van der Waals surface area contributed by atoms with Crippen LogP contribution in [0.15, 0.2) is 36.7 Å². The molecule has 1 heterocycles. The van der Waals surface area contributed by atoms with Crippen molar-refractivity contribution in [1.82, 2.24) is 15.5 Å². The maximum absolute atomic E-state index is 12.1. The van der Waals surface area contributed by atoms with Gasteiger partial charge in [0, 0.05) is 6.20 Å². The van der Waals surface area contributed by atoms with E-state index in [-0.39, 0.29) is 17.7 Å². The molecule has 0 fully saturated rings. The standard InChI is InChI=1S/C13H13F2N3O2/c1-8(18-12(19)10-6-16-17-7-10)9-3-2-4-11(5-9)20-13(14)15/h2-8,13H,1H3,(H,16,17)(H,18,19). The molecule has 2 N–H and O–H groups in total. The maximum Gasteiger partial charge on any atom is 0.387 e. The summed E-state index contributed by atoms with van der Waals surface area (Å²) in [7, 11) is 0. The van der Waals surface area contributed by atoms with Crippen molar-refractivity contribution in [3.8, 4) is 5.75 Å². The van der Waals surface area contributed by atoms with Crippen LogP contribution in [0.4, 0.5) is 8.78 Å². The fraction of sp³-hybridized carbons (Fsp3) is 0.231. The topological polar surface area (TPSA) is 67.0 Å². The summed E-state index contributed by atoms with van der Waals surface area (Å²) >= 11 is 0. The fourth-order valence-electron chi connectivity index (χ4n) is 1.70. The Labute approximate surface area is 114 Å². The van der Waals surface area contributed by atoms with E-state index in [1.54, 1.807) is 19.1 Å². The van der Waals surface area contributed by atoms with E-state index in [9.17, 15) is 13.6 Å². The van der Waals surface area contributed by atoms with Crippen molar-refractivity contribution < 1.29 is 18.3 Å². The number of rotatable bonds is 5. The summed E-state index contributed by atoms with van der Waals surface area (Å²) in [5, 5.41) is 8.96. The highest BCUT2D eigenvalue weighted by molar-refractivity contribution is 5.93. The summed E-state index contributed by atoms with van der Waals surface area (Å²) < 4.78 is 28.6. The first-order valence-corrected chi connectivity index (χ1v) is 5.90. The summed E-state index contributed by atoms with van der Waals surface area (Å²) in [5.74, 6) is -0.242. The molecule has 106 valence electrons. The number of nitrogens with one attached hydrogen (secondary N) is 2. The molecule has 1 unspecified atom stereocenters. The Morgan fingerprint density at radius 2 is 2.25 bits per heavy atom. The predicted octanol–water partition coefficient (Wildman–Crippen LogP) is 2.50. The number of aromatic amines is 1. The number of nitrogens with zero attached hydrogens (tertiary/aromatic N) is 1. The van der Waals surface area contributed by atoms with Crippen molar-refractivity contribution in [3.05, 3.63) is 47.8 Å². The third kappa shape index (κ3) is 3.53. The second-order valence-corrected chi connectivity index (χ2v) is 4.13. The lowest BCUT2D eigenvalue weighted by molar-refractivity contribution is -0.0499. The van der Waals surface area contributed by atoms with E-state index in [1.807, 2.05) is 0 Å². The SMILES string of the molecule is CC(NC(=O)c1cn[nH]c1)c1cccc(OC(F)F)c1. The number of hydrogen-bond acceptors (Lipinski definition) is 3. The van der Waals surface area contributed by atoms with E-state index in [0.717, 1.165) is 0 Å². The Kier molecular flexibility index (Phi) is 4.29. The zero-order chi connectivity index (χ0) is 14.5. The first-order valence-electron chi connectivity index (χ1n) is 5.90. The van der Waals surface area contributed by atoms with Gasteiger partial charge in [-0.2, -0.15) is 13.9 Å². The van der Waals surface area contributed by atoms with E-state index in [1.165, 1.54) is 24.5 Å². The Bertz CT molecular complexity index is 573. The minimum absolute atomic E-state index is 0.0573. The van der Waals surface area contributed by atoms with Crippen molar-refractivity contribution in [2.24, 2.45) is 0 Å². The second-order valence-electron chi connectivity index (χ2n) is 4.13. The molecule has 2 aromatic rings. The van der Waals surface area contributed by atoms with Crippen molar-refractivity contribution in [2.75, 3.05) is 0 Å². The van der Waals surface area contributed by atoms with Gasteiger partial charge in [-0.3, -0.25) is 9.89 Å². The Balaban J connectivity index is 2.05. The molecule has 0 bridgehead atoms. The molecule has 5 nitrogen and oxygen atoms in total. The molecule has 0 radical (unpaired) electrons. The van der Waals surface area contributed by atoms with Crippen LogP contribution in [0, 0.1) is 0 Å². The van der Waals surface area contributed by atoms with Gasteiger partial charge >= 0.3 is 6.61 Å². The molecule has 20 heavy (non-hydrogen) atoms. The highest BCUT2D eigenvalue weighted by atomic mass is 19.3. The number of alkyl halides is 2. The van der Waals surface area contributed by atoms with E-state index in [0.29, 0.717) is 11.1 Å². The number of carbonyl (C=O) groups excluding carboxylic acids is 1. The van der Waals surface area contributed by atoms with Gasteiger partial charge in [0.25, 0.3) is 5.91 Å². The van der Waals surface area contributed by atoms with Crippen molar-refractivity contribution >= 4 is 5.91 Å². The van der Waals surface area contributed by atoms with Crippen LogP contribution in [0.1, 0.15) is 28.9 Å². The maximum atomic E-state index is 12.1. The molecule has 7 heteroatoms. The Morgan fingerprint density at radius 3 is 2.90 bits per heavy atom. The monoisotopic (exact) mass is 281 g/mol. The van der Waals surface area contributed by atoms with E-state index in [2.05, 4.69) is 20.3 Å². The van der Waals surface area contributed by atoms with Crippen LogP contribution in [-0.4, -0.2) is 22.7 Å². The van der Waals surface area contributed by atoms with Crippen LogP contribution >= 0.6 is 0 Å². The number of H-pyrrole nitrogens is 1. The number of halogens is 2. The second kappa shape index (κ2) is 6.14. The molecule has 1 aromatic heterocycles. The van der Waals surface area contributed by atoms with Crippen molar-refractivity contribution in [1.29, 1.82) is 0 Å². The van der Waals surface area contributed by atoms with E-state index in [4.69, 9.17) is 0 Å². The lowest BCUT2D eigenvalue weighted by atomic mass is 10.1. The molecule has 0 aliphatic carbocycles. The van der Waals surface area contributed by atoms with E-state index >= 15 is 0 Å². The van der Waals surface area contributed by atoms with Crippen LogP contribution in [-0.2, 0) is 0 Å². The van der Waals surface area contributed by atoms with Gasteiger partial charge < -0.3 is 10.1 Å². The first kappa shape index (κ1) is 14.0. The molecule has 0 saturated heterocycles. The molecule has 1 atom stereocenters. The van der Waals surface area contributed by atoms with E-state index < -0.39 is 6.61 Å². The lowest BCUT2D eigenvalue weighted by Gasteiger charge is -2.15. The van der Waals surface area contributed by atoms with Gasteiger partial charge in [0.05, 0.1) is 17.8 Å². The Hall–Kier alpha value is -2.44. The number of aromatic nitrogens is 2. The lowest BCUT2D eigenvalue weighted by Crippen LogP contribution is -2.26. The molecule has 0 spiro atoms. The third-order valence-electron chi connectivity index (χ3n) is 2.69. The highest BCUT2D eigenvalue weighted by Crippen LogP contribution is 2.20. The number of ether oxygens (including phenoxy) is 1. The normalized spacial score (nSPS) is 12.2. The zero-order valence-corrected chi connectivity index (χ0v) is 10.6. The predicted molar refractivity (Wildman–Crippen MR) is 67.5 cm³/mol. The summed E-state index contributed by atoms with van der Waals surface area (Å²) in [5.41, 5.74) is 1.07. The van der Waals surface area contributed by atoms with Gasteiger partial charge in [0.2, 0.25) is 0 Å².